The van der Waals surface area contributed by atoms with E-state index in [9.17, 15) is 8.42 Å². The van der Waals surface area contributed by atoms with E-state index in [1.807, 2.05) is 7.05 Å². The largest absolute Gasteiger partial charge is 0.481 e. The number of thiophene rings is 1. The van der Waals surface area contributed by atoms with Crippen LogP contribution in [0.4, 0.5) is 5.69 Å². The number of rotatable bonds is 6. The molecule has 21 heavy (non-hydrogen) atoms. The maximum atomic E-state index is 12.4. The van der Waals surface area contributed by atoms with Crippen molar-refractivity contribution in [1.82, 2.24) is 10.3 Å². The van der Waals surface area contributed by atoms with Crippen molar-refractivity contribution in [2.45, 2.75) is 18.4 Å². The van der Waals surface area contributed by atoms with Gasteiger partial charge in [0.05, 0.1) is 19.0 Å². The van der Waals surface area contributed by atoms with Crippen LogP contribution < -0.4 is 14.8 Å². The van der Waals surface area contributed by atoms with E-state index in [0.29, 0.717) is 23.0 Å². The molecule has 0 spiro atoms. The highest BCUT2D eigenvalue weighted by atomic mass is 32.2. The number of hydrogen-bond acceptors (Lipinski definition) is 6. The minimum absolute atomic E-state index is 0.300. The monoisotopic (exact) mass is 327 g/mol. The van der Waals surface area contributed by atoms with Crippen molar-refractivity contribution in [2.75, 3.05) is 18.9 Å². The van der Waals surface area contributed by atoms with Crippen LogP contribution in [0.15, 0.2) is 29.3 Å². The molecule has 8 heteroatoms. The summed E-state index contributed by atoms with van der Waals surface area (Å²) in [6, 6.07) is 4.90. The van der Waals surface area contributed by atoms with Crippen LogP contribution >= 0.6 is 11.3 Å². The maximum absolute atomic E-state index is 12.4. The second kappa shape index (κ2) is 6.42. The molecule has 0 saturated heterocycles. The summed E-state index contributed by atoms with van der Waals surface area (Å²) >= 11 is 1.47. The molecule has 2 heterocycles. The van der Waals surface area contributed by atoms with Crippen LogP contribution in [0.5, 0.6) is 5.88 Å². The zero-order valence-electron chi connectivity index (χ0n) is 12.0. The van der Waals surface area contributed by atoms with Gasteiger partial charge < -0.3 is 10.1 Å². The van der Waals surface area contributed by atoms with Crippen molar-refractivity contribution in [3.8, 4) is 5.88 Å². The highest BCUT2D eigenvalue weighted by Crippen LogP contribution is 2.27. The molecule has 2 rings (SSSR count). The van der Waals surface area contributed by atoms with Crippen LogP contribution in [0.25, 0.3) is 0 Å². The molecule has 114 valence electrons. The van der Waals surface area contributed by atoms with E-state index < -0.39 is 10.0 Å². The highest BCUT2D eigenvalue weighted by molar-refractivity contribution is 7.93. The zero-order chi connectivity index (χ0) is 15.5. The van der Waals surface area contributed by atoms with Gasteiger partial charge in [-0.05, 0) is 26.1 Å². The Labute approximate surface area is 128 Å². The fourth-order valence-corrected chi connectivity index (χ4v) is 4.52. The molecular weight excluding hydrogens is 310 g/mol. The number of aryl methyl sites for hydroxylation is 1. The van der Waals surface area contributed by atoms with Gasteiger partial charge in [-0.1, -0.05) is 0 Å². The van der Waals surface area contributed by atoms with E-state index in [1.165, 1.54) is 24.6 Å². The molecule has 0 aliphatic carbocycles. The first kappa shape index (κ1) is 15.7. The normalized spacial score (nSPS) is 11.4. The lowest BCUT2D eigenvalue weighted by Crippen LogP contribution is -2.13. The molecule has 0 aliphatic heterocycles. The van der Waals surface area contributed by atoms with Gasteiger partial charge in [-0.3, -0.25) is 4.72 Å². The highest BCUT2D eigenvalue weighted by Gasteiger charge is 2.20. The minimum Gasteiger partial charge on any atom is -0.481 e. The fourth-order valence-electron chi connectivity index (χ4n) is 1.82. The van der Waals surface area contributed by atoms with Crippen molar-refractivity contribution in [2.24, 2.45) is 0 Å². The van der Waals surface area contributed by atoms with Gasteiger partial charge in [0.2, 0.25) is 5.88 Å². The van der Waals surface area contributed by atoms with Crippen LogP contribution in [0, 0.1) is 6.92 Å². The number of hydrogen-bond donors (Lipinski definition) is 2. The number of nitrogens with one attached hydrogen (secondary N) is 2. The Morgan fingerprint density at radius 2 is 2.14 bits per heavy atom. The molecule has 2 aromatic rings. The van der Waals surface area contributed by atoms with E-state index in [-0.39, 0.29) is 0 Å². The third-order valence-corrected chi connectivity index (χ3v) is 5.45. The van der Waals surface area contributed by atoms with E-state index in [4.69, 9.17) is 4.74 Å². The van der Waals surface area contributed by atoms with E-state index >= 15 is 0 Å². The summed E-state index contributed by atoms with van der Waals surface area (Å²) in [6.07, 6.45) is 1.42. The van der Waals surface area contributed by atoms with Crippen molar-refractivity contribution >= 4 is 27.0 Å². The first-order valence-electron chi connectivity index (χ1n) is 6.23. The summed E-state index contributed by atoms with van der Waals surface area (Å²) < 4.78 is 32.3. The SMILES string of the molecule is CNCc1cc(S(=O)(=O)Nc2ccc(OC)nc2)c(C)s1. The lowest BCUT2D eigenvalue weighted by molar-refractivity contribution is 0.398. The minimum atomic E-state index is -3.61. The molecule has 2 aromatic heterocycles. The van der Waals surface area contributed by atoms with Crippen LogP contribution in [-0.4, -0.2) is 27.6 Å². The molecule has 0 aliphatic rings. The lowest BCUT2D eigenvalue weighted by Gasteiger charge is -2.07. The Morgan fingerprint density at radius 3 is 2.71 bits per heavy atom. The summed E-state index contributed by atoms with van der Waals surface area (Å²) in [4.78, 5) is 6.01. The van der Waals surface area contributed by atoms with Crippen molar-refractivity contribution < 1.29 is 13.2 Å². The standard InChI is InChI=1S/C13H17N3O3S2/c1-9-12(6-11(20-9)8-14-2)21(17,18)16-10-4-5-13(19-3)15-7-10/h4-7,14,16H,8H2,1-3H3. The number of nitrogens with zero attached hydrogens (tertiary/aromatic N) is 1. The van der Waals surface area contributed by atoms with Gasteiger partial charge in [-0.2, -0.15) is 0 Å². The first-order valence-corrected chi connectivity index (χ1v) is 8.53. The van der Waals surface area contributed by atoms with Gasteiger partial charge in [-0.25, -0.2) is 13.4 Å². The second-order valence-electron chi connectivity index (χ2n) is 4.36. The van der Waals surface area contributed by atoms with Gasteiger partial charge in [0.1, 0.15) is 4.90 Å². The molecule has 0 atom stereocenters. The Balaban J connectivity index is 2.24. The van der Waals surface area contributed by atoms with Crippen LogP contribution in [0.3, 0.4) is 0 Å². The molecule has 0 bridgehead atoms. The molecule has 2 N–H and O–H groups in total. The Kier molecular flexibility index (Phi) is 4.81. The predicted molar refractivity (Wildman–Crippen MR) is 83.4 cm³/mol. The first-order chi connectivity index (χ1) is 9.96. The summed E-state index contributed by atoms with van der Waals surface area (Å²) in [6.45, 7) is 2.44. The van der Waals surface area contributed by atoms with Crippen molar-refractivity contribution in [3.63, 3.8) is 0 Å². The third-order valence-electron chi connectivity index (χ3n) is 2.76. The molecular formula is C13H17N3O3S2. The number of ether oxygens (including phenoxy) is 1. The zero-order valence-corrected chi connectivity index (χ0v) is 13.6. The number of anilines is 1. The summed E-state index contributed by atoms with van der Waals surface area (Å²) in [5.41, 5.74) is 0.400. The maximum Gasteiger partial charge on any atom is 0.263 e. The number of sulfonamides is 1. The Hall–Kier alpha value is -1.64. The van der Waals surface area contributed by atoms with Crippen LogP contribution in [0.1, 0.15) is 9.75 Å². The molecule has 0 radical (unpaired) electrons. The van der Waals surface area contributed by atoms with Gasteiger partial charge >= 0.3 is 0 Å². The molecule has 0 saturated carbocycles. The van der Waals surface area contributed by atoms with Crippen molar-refractivity contribution in [1.29, 1.82) is 0 Å². The molecule has 0 unspecified atom stereocenters. The fraction of sp³-hybridized carbons (Fsp3) is 0.308. The lowest BCUT2D eigenvalue weighted by atomic mass is 10.4. The molecule has 0 amide bonds. The topological polar surface area (TPSA) is 80.3 Å². The molecule has 0 fully saturated rings. The average Bonchev–Trinajstić information content (AvgIpc) is 2.81. The van der Waals surface area contributed by atoms with Gasteiger partial charge in [0, 0.05) is 22.4 Å². The summed E-state index contributed by atoms with van der Waals surface area (Å²) in [7, 11) is -0.281. The van der Waals surface area contributed by atoms with Crippen LogP contribution in [0.2, 0.25) is 0 Å². The smallest absolute Gasteiger partial charge is 0.263 e. The average molecular weight is 327 g/mol. The molecule has 0 aromatic carbocycles. The third kappa shape index (κ3) is 3.72. The van der Waals surface area contributed by atoms with Crippen molar-refractivity contribution in [3.05, 3.63) is 34.2 Å². The molecule has 6 nitrogen and oxygen atoms in total. The Morgan fingerprint density at radius 1 is 1.38 bits per heavy atom. The van der Waals surface area contributed by atoms with Gasteiger partial charge in [-0.15, -0.1) is 11.3 Å². The number of methoxy groups -OCH3 is 1. The quantitative estimate of drug-likeness (QED) is 0.848. The summed E-state index contributed by atoms with van der Waals surface area (Å²) in [5, 5.41) is 3.01. The summed E-state index contributed by atoms with van der Waals surface area (Å²) in [5.74, 6) is 0.431. The Bertz CT molecular complexity index is 709. The predicted octanol–water partition coefficient (Wildman–Crippen LogP) is 1.98. The van der Waals surface area contributed by atoms with E-state index in [2.05, 4.69) is 15.0 Å². The number of aromatic nitrogens is 1. The van der Waals surface area contributed by atoms with Gasteiger partial charge in [0.15, 0.2) is 0 Å². The van der Waals surface area contributed by atoms with Gasteiger partial charge in [0.25, 0.3) is 10.0 Å². The second-order valence-corrected chi connectivity index (χ2v) is 7.35. The number of pyridine rings is 1. The van der Waals surface area contributed by atoms with E-state index in [1.54, 1.807) is 25.1 Å². The van der Waals surface area contributed by atoms with Crippen LogP contribution in [-0.2, 0) is 16.6 Å². The van der Waals surface area contributed by atoms with E-state index in [0.717, 1.165) is 9.75 Å².